The van der Waals surface area contributed by atoms with Crippen LogP contribution in [0.25, 0.3) is 0 Å². The molecule has 0 atom stereocenters. The predicted octanol–water partition coefficient (Wildman–Crippen LogP) is 1.80. The second-order valence-corrected chi connectivity index (χ2v) is 6.88. The topological polar surface area (TPSA) is 54.3 Å². The molecule has 6 heteroatoms. The van der Waals surface area contributed by atoms with Crippen molar-refractivity contribution in [1.29, 1.82) is 0 Å². The Morgan fingerprint density at radius 1 is 1.25 bits per heavy atom. The largest absolute Gasteiger partial charge is 0.334 e. The SMILES string of the molecule is CC(C)CN(Cc1ccncc1)C1CN(C(=O)c2ccnn2C)C1. The summed E-state index contributed by atoms with van der Waals surface area (Å²) in [5.74, 6) is 0.660. The van der Waals surface area contributed by atoms with E-state index in [1.165, 1.54) is 5.56 Å². The van der Waals surface area contributed by atoms with Crippen LogP contribution >= 0.6 is 0 Å². The van der Waals surface area contributed by atoms with Crippen molar-refractivity contribution in [3.63, 3.8) is 0 Å². The van der Waals surface area contributed by atoms with Crippen molar-refractivity contribution in [3.05, 3.63) is 48.0 Å². The molecule has 1 amide bonds. The van der Waals surface area contributed by atoms with Crippen LogP contribution in [0.3, 0.4) is 0 Å². The van der Waals surface area contributed by atoms with E-state index >= 15 is 0 Å². The first-order valence-electron chi connectivity index (χ1n) is 8.45. The van der Waals surface area contributed by atoms with Crippen molar-refractivity contribution in [3.8, 4) is 0 Å². The molecular formula is C18H25N5O. The van der Waals surface area contributed by atoms with Crippen LogP contribution in [-0.2, 0) is 13.6 Å². The summed E-state index contributed by atoms with van der Waals surface area (Å²) in [6, 6.07) is 6.31. The molecule has 128 valence electrons. The molecule has 0 N–H and O–H groups in total. The fraction of sp³-hybridized carbons (Fsp3) is 0.500. The third kappa shape index (κ3) is 3.64. The summed E-state index contributed by atoms with van der Waals surface area (Å²) in [4.78, 5) is 21.0. The minimum Gasteiger partial charge on any atom is -0.334 e. The maximum atomic E-state index is 12.5. The molecule has 0 saturated carbocycles. The highest BCUT2D eigenvalue weighted by Crippen LogP contribution is 2.21. The molecule has 1 aliphatic heterocycles. The molecule has 0 aliphatic carbocycles. The fourth-order valence-corrected chi connectivity index (χ4v) is 3.13. The van der Waals surface area contributed by atoms with Gasteiger partial charge < -0.3 is 4.90 Å². The number of pyridine rings is 1. The average Bonchev–Trinajstić information content (AvgIpc) is 2.92. The van der Waals surface area contributed by atoms with Gasteiger partial charge in [0, 0.05) is 57.9 Å². The molecule has 0 spiro atoms. The lowest BCUT2D eigenvalue weighted by atomic mass is 10.0. The van der Waals surface area contributed by atoms with Gasteiger partial charge in [0.1, 0.15) is 5.69 Å². The zero-order valence-electron chi connectivity index (χ0n) is 14.6. The zero-order valence-corrected chi connectivity index (χ0v) is 14.6. The molecule has 1 saturated heterocycles. The Labute approximate surface area is 143 Å². The fourth-order valence-electron chi connectivity index (χ4n) is 3.13. The Morgan fingerprint density at radius 3 is 2.54 bits per heavy atom. The summed E-state index contributed by atoms with van der Waals surface area (Å²) >= 11 is 0. The molecule has 1 fully saturated rings. The van der Waals surface area contributed by atoms with Gasteiger partial charge in [-0.2, -0.15) is 5.10 Å². The lowest BCUT2D eigenvalue weighted by Gasteiger charge is -2.46. The molecule has 0 bridgehead atoms. The van der Waals surface area contributed by atoms with Gasteiger partial charge in [0.05, 0.1) is 0 Å². The van der Waals surface area contributed by atoms with E-state index in [0.717, 1.165) is 26.2 Å². The molecule has 3 rings (SSSR count). The molecule has 24 heavy (non-hydrogen) atoms. The van der Waals surface area contributed by atoms with E-state index in [9.17, 15) is 4.79 Å². The van der Waals surface area contributed by atoms with Crippen molar-refractivity contribution in [2.24, 2.45) is 13.0 Å². The van der Waals surface area contributed by atoms with Crippen LogP contribution in [0.4, 0.5) is 0 Å². The molecule has 2 aromatic rings. The molecule has 3 heterocycles. The first-order valence-corrected chi connectivity index (χ1v) is 8.45. The minimum atomic E-state index is 0.0691. The second kappa shape index (κ2) is 7.13. The van der Waals surface area contributed by atoms with Gasteiger partial charge in [0.25, 0.3) is 5.91 Å². The first kappa shape index (κ1) is 16.6. The van der Waals surface area contributed by atoms with Gasteiger partial charge >= 0.3 is 0 Å². The van der Waals surface area contributed by atoms with Crippen molar-refractivity contribution >= 4 is 5.91 Å². The van der Waals surface area contributed by atoms with Gasteiger partial charge in [0.15, 0.2) is 0 Å². The van der Waals surface area contributed by atoms with Gasteiger partial charge in [0.2, 0.25) is 0 Å². The number of hydrogen-bond donors (Lipinski definition) is 0. The molecule has 2 aromatic heterocycles. The lowest BCUT2D eigenvalue weighted by molar-refractivity contribution is 0.0190. The van der Waals surface area contributed by atoms with Gasteiger partial charge in [-0.25, -0.2) is 0 Å². The van der Waals surface area contributed by atoms with Crippen molar-refractivity contribution in [2.45, 2.75) is 26.4 Å². The third-order valence-electron chi connectivity index (χ3n) is 4.44. The first-order chi connectivity index (χ1) is 11.5. The highest BCUT2D eigenvalue weighted by molar-refractivity contribution is 5.93. The summed E-state index contributed by atoms with van der Waals surface area (Å²) < 4.78 is 1.64. The van der Waals surface area contributed by atoms with E-state index in [1.54, 1.807) is 24.0 Å². The minimum absolute atomic E-state index is 0.0691. The summed E-state index contributed by atoms with van der Waals surface area (Å²) in [6.07, 6.45) is 5.34. The van der Waals surface area contributed by atoms with E-state index in [2.05, 4.69) is 41.0 Å². The average molecular weight is 327 g/mol. The Morgan fingerprint density at radius 2 is 1.96 bits per heavy atom. The molecule has 1 aliphatic rings. The number of nitrogens with zero attached hydrogens (tertiary/aromatic N) is 5. The van der Waals surface area contributed by atoms with Gasteiger partial charge in [-0.3, -0.25) is 19.4 Å². The highest BCUT2D eigenvalue weighted by atomic mass is 16.2. The number of aryl methyl sites for hydroxylation is 1. The van der Waals surface area contributed by atoms with Crippen LogP contribution in [-0.4, -0.2) is 56.1 Å². The Hall–Kier alpha value is -2.21. The van der Waals surface area contributed by atoms with Gasteiger partial charge in [-0.1, -0.05) is 13.8 Å². The standard InChI is InChI=1S/C18H25N5O/c1-14(2)10-22(11-15-4-7-19-8-5-15)16-12-23(13-16)18(24)17-6-9-20-21(17)3/h4-9,14,16H,10-13H2,1-3H3. The van der Waals surface area contributed by atoms with E-state index < -0.39 is 0 Å². The number of likely N-dealkylation sites (tertiary alicyclic amines) is 1. The molecule has 0 aromatic carbocycles. The Bertz CT molecular complexity index is 676. The van der Waals surface area contributed by atoms with Crippen LogP contribution < -0.4 is 0 Å². The zero-order chi connectivity index (χ0) is 17.1. The lowest BCUT2D eigenvalue weighted by Crippen LogP contribution is -2.61. The summed E-state index contributed by atoms with van der Waals surface area (Å²) in [7, 11) is 1.80. The molecule has 6 nitrogen and oxygen atoms in total. The van der Waals surface area contributed by atoms with Crippen molar-refractivity contribution in [1.82, 2.24) is 24.6 Å². The van der Waals surface area contributed by atoms with E-state index in [-0.39, 0.29) is 5.91 Å². The number of hydrogen-bond acceptors (Lipinski definition) is 4. The second-order valence-electron chi connectivity index (χ2n) is 6.88. The van der Waals surface area contributed by atoms with Crippen LogP contribution in [0, 0.1) is 5.92 Å². The Kier molecular flexibility index (Phi) is 4.94. The normalized spacial score (nSPS) is 15.1. The van der Waals surface area contributed by atoms with Gasteiger partial charge in [-0.05, 0) is 29.7 Å². The summed E-state index contributed by atoms with van der Waals surface area (Å²) in [5.41, 5.74) is 1.92. The van der Waals surface area contributed by atoms with Crippen LogP contribution in [0.15, 0.2) is 36.8 Å². The van der Waals surface area contributed by atoms with Gasteiger partial charge in [-0.15, -0.1) is 0 Å². The molecular weight excluding hydrogens is 302 g/mol. The van der Waals surface area contributed by atoms with Crippen LogP contribution in [0.2, 0.25) is 0 Å². The van der Waals surface area contributed by atoms with Crippen molar-refractivity contribution < 1.29 is 4.79 Å². The smallest absolute Gasteiger partial charge is 0.272 e. The van der Waals surface area contributed by atoms with E-state index in [0.29, 0.717) is 17.7 Å². The number of rotatable bonds is 6. The number of carbonyl (C=O) groups is 1. The van der Waals surface area contributed by atoms with E-state index in [1.807, 2.05) is 17.3 Å². The quantitative estimate of drug-likeness (QED) is 0.812. The monoisotopic (exact) mass is 327 g/mol. The predicted molar refractivity (Wildman–Crippen MR) is 92.4 cm³/mol. The molecule has 0 unspecified atom stereocenters. The maximum absolute atomic E-state index is 12.5. The highest BCUT2D eigenvalue weighted by Gasteiger charge is 2.36. The Balaban J connectivity index is 1.62. The summed E-state index contributed by atoms with van der Waals surface area (Å²) in [6.45, 7) is 7.96. The summed E-state index contributed by atoms with van der Waals surface area (Å²) in [5, 5.41) is 4.08. The van der Waals surface area contributed by atoms with E-state index in [4.69, 9.17) is 0 Å². The third-order valence-corrected chi connectivity index (χ3v) is 4.44. The molecule has 0 radical (unpaired) electrons. The number of aromatic nitrogens is 3. The van der Waals surface area contributed by atoms with Crippen LogP contribution in [0.1, 0.15) is 29.9 Å². The van der Waals surface area contributed by atoms with Crippen molar-refractivity contribution in [2.75, 3.05) is 19.6 Å². The van der Waals surface area contributed by atoms with Crippen LogP contribution in [0.5, 0.6) is 0 Å². The number of amides is 1. The number of carbonyl (C=O) groups excluding carboxylic acids is 1. The maximum Gasteiger partial charge on any atom is 0.272 e.